The molecule has 148 valence electrons. The van der Waals surface area contributed by atoms with Gasteiger partial charge >= 0.3 is 5.97 Å². The molecule has 0 radical (unpaired) electrons. The molecule has 0 bridgehead atoms. The van der Waals surface area contributed by atoms with E-state index in [1.54, 1.807) is 0 Å². The fraction of sp³-hybridized carbons (Fsp3) is 0.357. The number of carboxylic acid groups (broad SMARTS) is 1. The van der Waals surface area contributed by atoms with Crippen LogP contribution in [0.15, 0.2) is 10.5 Å². The molecular formula is C14H13N5O7S2. The molecule has 2 aliphatic rings. The highest BCUT2D eigenvalue weighted by atomic mass is 32.2. The summed E-state index contributed by atoms with van der Waals surface area (Å²) in [6.07, 6.45) is 0.428. The maximum atomic E-state index is 12.6. The zero-order valence-electron chi connectivity index (χ0n) is 14.1. The Hall–Kier alpha value is -3.00. The summed E-state index contributed by atoms with van der Waals surface area (Å²) in [5, 5.41) is 18.6. The van der Waals surface area contributed by atoms with Gasteiger partial charge in [-0.1, -0.05) is 5.16 Å². The van der Waals surface area contributed by atoms with E-state index in [1.165, 1.54) is 12.5 Å². The molecule has 12 nitrogen and oxygen atoms in total. The molecule has 14 heteroatoms. The summed E-state index contributed by atoms with van der Waals surface area (Å²) in [6, 6.07) is -2.56. The number of thiazole rings is 1. The van der Waals surface area contributed by atoms with Crippen LogP contribution < -0.4 is 10.6 Å². The molecule has 0 aromatic carbocycles. The van der Waals surface area contributed by atoms with Crippen LogP contribution in [0.5, 0.6) is 0 Å². The normalized spacial score (nSPS) is 24.1. The lowest BCUT2D eigenvalue weighted by atomic mass is 10.00. The number of rotatable bonds is 7. The van der Waals surface area contributed by atoms with Crippen LogP contribution in [0, 0.1) is 0 Å². The number of hydrogen-bond donors (Lipinski definition) is 3. The van der Waals surface area contributed by atoms with E-state index in [-0.39, 0.29) is 22.3 Å². The molecule has 1 aromatic rings. The van der Waals surface area contributed by atoms with Gasteiger partial charge in [0.25, 0.3) is 5.91 Å². The quantitative estimate of drug-likeness (QED) is 0.154. The van der Waals surface area contributed by atoms with Crippen LogP contribution in [0.2, 0.25) is 0 Å². The molecular weight excluding hydrogens is 414 g/mol. The maximum Gasteiger partial charge on any atom is 0.334 e. The number of amides is 3. The number of aromatic nitrogens is 1. The van der Waals surface area contributed by atoms with E-state index in [1.807, 2.05) is 0 Å². The van der Waals surface area contributed by atoms with E-state index >= 15 is 0 Å². The number of aliphatic carboxylic acids is 1. The molecule has 0 saturated carbocycles. The summed E-state index contributed by atoms with van der Waals surface area (Å²) in [5.41, 5.74) is -0.108. The van der Waals surface area contributed by atoms with Crippen molar-refractivity contribution in [2.24, 2.45) is 5.16 Å². The van der Waals surface area contributed by atoms with Gasteiger partial charge in [-0.25, -0.2) is 9.78 Å². The first-order valence-corrected chi connectivity index (χ1v) is 9.59. The Labute approximate surface area is 165 Å². The molecule has 3 amide bonds. The van der Waals surface area contributed by atoms with Gasteiger partial charge < -0.3 is 25.5 Å². The van der Waals surface area contributed by atoms with Crippen LogP contribution in [0.25, 0.3) is 0 Å². The molecule has 2 aliphatic heterocycles. The Morgan fingerprint density at radius 2 is 2.21 bits per heavy atom. The summed E-state index contributed by atoms with van der Waals surface area (Å²) < 4.78 is 0. The van der Waals surface area contributed by atoms with Crippen molar-refractivity contribution in [1.82, 2.24) is 15.2 Å². The fourth-order valence-corrected chi connectivity index (χ4v) is 4.64. The van der Waals surface area contributed by atoms with Gasteiger partial charge in [0, 0.05) is 5.38 Å². The van der Waals surface area contributed by atoms with Crippen LogP contribution in [0.3, 0.4) is 0 Å². The van der Waals surface area contributed by atoms with Crippen molar-refractivity contribution in [3.05, 3.63) is 11.1 Å². The van der Waals surface area contributed by atoms with Crippen molar-refractivity contribution in [3.63, 3.8) is 0 Å². The van der Waals surface area contributed by atoms with E-state index in [2.05, 4.69) is 25.6 Å². The van der Waals surface area contributed by atoms with Gasteiger partial charge in [0.2, 0.25) is 12.3 Å². The predicted octanol–water partition coefficient (Wildman–Crippen LogP) is -1.52. The smallest absolute Gasteiger partial charge is 0.334 e. The molecule has 3 N–H and O–H groups in total. The number of ketones is 1. The van der Waals surface area contributed by atoms with E-state index in [0.29, 0.717) is 6.41 Å². The number of Topliss-reactive ketones (excluding diaryl/α,β-unsaturated/α-hetero) is 1. The highest BCUT2D eigenvalue weighted by Crippen LogP contribution is 2.36. The Morgan fingerprint density at radius 1 is 1.46 bits per heavy atom. The minimum Gasteiger partial charge on any atom is -0.479 e. The van der Waals surface area contributed by atoms with Crippen molar-refractivity contribution in [3.8, 4) is 0 Å². The van der Waals surface area contributed by atoms with E-state index in [0.717, 1.165) is 28.0 Å². The lowest BCUT2D eigenvalue weighted by Crippen LogP contribution is -2.76. The molecule has 3 rings (SSSR count). The first kappa shape index (κ1) is 19.8. The molecule has 2 fully saturated rings. The average Bonchev–Trinajstić information content (AvgIpc) is 3.12. The van der Waals surface area contributed by atoms with Gasteiger partial charge in [0.15, 0.2) is 22.7 Å². The number of nitrogens with one attached hydrogen (secondary N) is 2. The minimum atomic E-state index is -1.55. The van der Waals surface area contributed by atoms with Gasteiger partial charge in [-0.3, -0.25) is 19.2 Å². The van der Waals surface area contributed by atoms with Crippen LogP contribution in [0.4, 0.5) is 5.13 Å². The first-order chi connectivity index (χ1) is 13.4. The summed E-state index contributed by atoms with van der Waals surface area (Å²) >= 11 is 2.13. The van der Waals surface area contributed by atoms with Crippen molar-refractivity contribution < 1.29 is 33.9 Å². The standard InChI is InChI=1S/C14H13N5O7S2/c1-26-18-7(5-2-28-14(16-5)15-4-20)10(22)17-8-11(23)19-9(13(24)25)6(21)3-27-12(8)19/h2,4,8-9,12H,3H2,1H3,(H,17,22)(H,24,25)(H,15,16,20)/t8?,9?,12-/m0/s1. The number of carbonyl (C=O) groups is 5. The number of thioether (sulfide) groups is 1. The van der Waals surface area contributed by atoms with Gasteiger partial charge in [-0.05, 0) is 0 Å². The maximum absolute atomic E-state index is 12.6. The lowest BCUT2D eigenvalue weighted by Gasteiger charge is -2.50. The summed E-state index contributed by atoms with van der Waals surface area (Å²) in [7, 11) is 1.22. The Morgan fingerprint density at radius 3 is 2.86 bits per heavy atom. The number of β-lactam (4-membered cyclic amide) rings is 1. The molecule has 0 spiro atoms. The minimum absolute atomic E-state index is 0.0797. The summed E-state index contributed by atoms with van der Waals surface area (Å²) in [5.74, 6) is -3.51. The summed E-state index contributed by atoms with van der Waals surface area (Å²) in [6.45, 7) is 0. The largest absolute Gasteiger partial charge is 0.479 e. The predicted molar refractivity (Wildman–Crippen MR) is 96.8 cm³/mol. The first-order valence-electron chi connectivity index (χ1n) is 7.66. The van der Waals surface area contributed by atoms with Gasteiger partial charge in [0.1, 0.15) is 24.2 Å². The fourth-order valence-electron chi connectivity index (χ4n) is 2.73. The highest BCUT2D eigenvalue weighted by molar-refractivity contribution is 8.00. The zero-order chi connectivity index (χ0) is 20.4. The Bertz CT molecular complexity index is 885. The second kappa shape index (κ2) is 7.93. The van der Waals surface area contributed by atoms with Gasteiger partial charge in [0.05, 0.1) is 5.75 Å². The molecule has 3 atom stereocenters. The SMILES string of the molecule is CON=C(C(=O)NC1C(=O)N2C(C(=O)O)C(=O)CS[C@@H]12)c1csc(NC=O)n1. The number of carboxylic acids is 1. The molecule has 3 heterocycles. The average molecular weight is 427 g/mol. The molecule has 2 saturated heterocycles. The monoisotopic (exact) mass is 427 g/mol. The molecule has 2 unspecified atom stereocenters. The third-order valence-electron chi connectivity index (χ3n) is 3.91. The zero-order valence-corrected chi connectivity index (χ0v) is 15.8. The second-order valence-corrected chi connectivity index (χ2v) is 7.49. The number of anilines is 1. The van der Waals surface area contributed by atoms with Crippen molar-refractivity contribution in [2.45, 2.75) is 17.5 Å². The topological polar surface area (TPSA) is 167 Å². The Balaban J connectivity index is 1.75. The van der Waals surface area contributed by atoms with E-state index < -0.39 is 41.0 Å². The van der Waals surface area contributed by atoms with Crippen LogP contribution in [-0.2, 0) is 28.8 Å². The number of fused-ring (bicyclic) bond motifs is 1. The van der Waals surface area contributed by atoms with E-state index in [4.69, 9.17) is 0 Å². The van der Waals surface area contributed by atoms with Crippen LogP contribution in [-0.4, -0.2) is 81.0 Å². The number of oxime groups is 1. The number of carbonyl (C=O) groups excluding carboxylic acids is 4. The lowest BCUT2D eigenvalue weighted by molar-refractivity contribution is -0.165. The van der Waals surface area contributed by atoms with Crippen LogP contribution in [0.1, 0.15) is 5.69 Å². The van der Waals surface area contributed by atoms with E-state index in [9.17, 15) is 29.1 Å². The van der Waals surface area contributed by atoms with Crippen molar-refractivity contribution >= 4 is 63.9 Å². The number of nitrogens with zero attached hydrogens (tertiary/aromatic N) is 3. The Kier molecular flexibility index (Phi) is 5.60. The third kappa shape index (κ3) is 3.43. The van der Waals surface area contributed by atoms with Gasteiger partial charge in [-0.15, -0.1) is 23.1 Å². The molecule has 28 heavy (non-hydrogen) atoms. The van der Waals surface area contributed by atoms with Crippen molar-refractivity contribution in [1.29, 1.82) is 0 Å². The number of hydrogen-bond acceptors (Lipinski definition) is 10. The molecule has 0 aliphatic carbocycles. The van der Waals surface area contributed by atoms with Gasteiger partial charge in [-0.2, -0.15) is 0 Å². The summed E-state index contributed by atoms with van der Waals surface area (Å²) in [4.78, 5) is 68.1. The van der Waals surface area contributed by atoms with Crippen LogP contribution >= 0.6 is 23.1 Å². The third-order valence-corrected chi connectivity index (χ3v) is 5.97. The molecule has 1 aromatic heterocycles. The second-order valence-electron chi connectivity index (χ2n) is 5.53. The van der Waals surface area contributed by atoms with Crippen molar-refractivity contribution in [2.75, 3.05) is 18.2 Å². The highest BCUT2D eigenvalue weighted by Gasteiger charge is 2.58.